The van der Waals surface area contributed by atoms with Gasteiger partial charge in [0.2, 0.25) is 10.0 Å². The molecule has 0 atom stereocenters. The Balaban J connectivity index is 0.000000395. The van der Waals surface area contributed by atoms with E-state index >= 15 is 0 Å². The summed E-state index contributed by atoms with van der Waals surface area (Å²) in [6.45, 7) is 6.41. The van der Waals surface area contributed by atoms with E-state index in [4.69, 9.17) is 28.3 Å². The summed E-state index contributed by atoms with van der Waals surface area (Å²) in [7, 11) is -3.56. The Hall–Kier alpha value is -1.58. The molecular weight excluding hydrogens is 623 g/mol. The van der Waals surface area contributed by atoms with Crippen LogP contribution in [0.4, 0.5) is 0 Å². The zero-order valence-corrected chi connectivity index (χ0v) is 26.2. The number of rotatable bonds is 10. The van der Waals surface area contributed by atoms with Crippen LogP contribution < -0.4 is 5.32 Å². The van der Waals surface area contributed by atoms with E-state index in [9.17, 15) is 18.0 Å². The lowest BCUT2D eigenvalue weighted by atomic mass is 10.0. The predicted octanol–water partition coefficient (Wildman–Crippen LogP) is 5.39. The smallest absolute Gasteiger partial charge is 0.345 e. The Morgan fingerprint density at radius 2 is 1.74 bits per heavy atom. The van der Waals surface area contributed by atoms with E-state index in [0.717, 1.165) is 42.3 Å². The number of aromatic nitrogens is 1. The summed E-state index contributed by atoms with van der Waals surface area (Å²) in [6.07, 6.45) is 3.28. The third-order valence-corrected chi connectivity index (χ3v) is 11.1. The normalized spacial score (nSPS) is 14.8. The number of carbonyl (C=O) groups is 2. The molecule has 0 saturated carbocycles. The lowest BCUT2D eigenvalue weighted by Crippen LogP contribution is -2.49. The zero-order chi connectivity index (χ0) is 28.6. The standard InChI is InChI=1S/C19H27ClN4O3S3.C5H3ClO2S/c1-14(2)23-9-5-15(6-10-23)24(13-18-21-7-11-28-18)30(26,27)12-8-22-19(25)16-3-4-17(20)29-16;6-4-2-1-3(9-4)5(7)8/h3-4,7,11,14-15H,5-6,8-10,12-13H2,1-2H3,(H,22,25);1-2H,(H,7,8). The monoisotopic (exact) mass is 652 g/mol. The second-order valence-corrected chi connectivity index (χ2v) is 15.4. The Kier molecular flexibility index (Phi) is 12.2. The van der Waals surface area contributed by atoms with Gasteiger partial charge in [-0.05, 0) is 64.0 Å². The number of carboxylic acids is 1. The number of piperidine rings is 1. The number of carbonyl (C=O) groups excluding carboxylic acids is 1. The second kappa shape index (κ2) is 14.9. The molecule has 1 aliphatic rings. The fourth-order valence-electron chi connectivity index (χ4n) is 3.97. The van der Waals surface area contributed by atoms with Gasteiger partial charge in [-0.1, -0.05) is 23.2 Å². The number of hydrogen-bond donors (Lipinski definition) is 2. The van der Waals surface area contributed by atoms with Crippen LogP contribution in [0.25, 0.3) is 0 Å². The van der Waals surface area contributed by atoms with Crippen LogP contribution >= 0.6 is 57.2 Å². The number of likely N-dealkylation sites (tertiary alicyclic amines) is 1. The molecule has 0 spiro atoms. The number of thiophene rings is 2. The van der Waals surface area contributed by atoms with Crippen molar-refractivity contribution in [1.82, 2.24) is 19.5 Å². The SMILES string of the molecule is CC(C)N1CCC(N(Cc2nccs2)S(=O)(=O)CCNC(=O)c2ccc(Cl)s2)CC1.O=C(O)c1ccc(Cl)s1. The van der Waals surface area contributed by atoms with E-state index in [1.54, 1.807) is 28.7 Å². The Bertz CT molecular complexity index is 1320. The molecule has 39 heavy (non-hydrogen) atoms. The fourth-order valence-corrected chi connectivity index (χ4v) is 8.09. The van der Waals surface area contributed by atoms with Gasteiger partial charge in [0.1, 0.15) is 9.88 Å². The lowest BCUT2D eigenvalue weighted by Gasteiger charge is -2.39. The maximum atomic E-state index is 13.2. The minimum Gasteiger partial charge on any atom is -0.477 e. The van der Waals surface area contributed by atoms with Gasteiger partial charge >= 0.3 is 5.97 Å². The first-order valence-electron chi connectivity index (χ1n) is 12.1. The maximum absolute atomic E-state index is 13.2. The molecule has 0 aliphatic carbocycles. The highest BCUT2D eigenvalue weighted by molar-refractivity contribution is 7.89. The van der Waals surface area contributed by atoms with Gasteiger partial charge in [0, 0.05) is 30.2 Å². The van der Waals surface area contributed by atoms with E-state index < -0.39 is 16.0 Å². The summed E-state index contributed by atoms with van der Waals surface area (Å²) in [4.78, 5) is 29.8. The van der Waals surface area contributed by atoms with Gasteiger partial charge < -0.3 is 15.3 Å². The van der Waals surface area contributed by atoms with Crippen molar-refractivity contribution in [3.05, 3.63) is 59.3 Å². The number of nitrogens with one attached hydrogen (secondary N) is 1. The zero-order valence-electron chi connectivity index (χ0n) is 21.4. The van der Waals surface area contributed by atoms with Crippen molar-refractivity contribution in [2.45, 2.75) is 45.3 Å². The summed E-state index contributed by atoms with van der Waals surface area (Å²) in [5.41, 5.74) is 0. The van der Waals surface area contributed by atoms with Crippen molar-refractivity contribution in [3.8, 4) is 0 Å². The highest BCUT2D eigenvalue weighted by Gasteiger charge is 2.33. The highest BCUT2D eigenvalue weighted by atomic mass is 35.5. The van der Waals surface area contributed by atoms with Gasteiger partial charge in [0.05, 0.1) is 25.8 Å². The Morgan fingerprint density at radius 3 is 2.21 bits per heavy atom. The minimum atomic E-state index is -3.56. The molecule has 1 amide bonds. The van der Waals surface area contributed by atoms with Gasteiger partial charge in [-0.25, -0.2) is 18.2 Å². The lowest BCUT2D eigenvalue weighted by molar-refractivity contribution is 0.0701. The molecule has 2 N–H and O–H groups in total. The molecule has 1 fully saturated rings. The van der Waals surface area contributed by atoms with Crippen LogP contribution in [0.2, 0.25) is 8.67 Å². The molecule has 0 radical (unpaired) electrons. The van der Waals surface area contributed by atoms with Crippen LogP contribution in [0, 0.1) is 0 Å². The summed E-state index contributed by atoms with van der Waals surface area (Å²) < 4.78 is 29.1. The van der Waals surface area contributed by atoms with Crippen molar-refractivity contribution in [2.75, 3.05) is 25.4 Å². The summed E-state index contributed by atoms with van der Waals surface area (Å²) in [6, 6.07) is 6.73. The van der Waals surface area contributed by atoms with E-state index in [1.807, 2.05) is 5.38 Å². The predicted molar refractivity (Wildman–Crippen MR) is 159 cm³/mol. The number of aromatic carboxylic acids is 1. The number of sulfonamides is 1. The van der Waals surface area contributed by atoms with E-state index in [2.05, 4.69) is 29.0 Å². The topological polar surface area (TPSA) is 120 Å². The number of nitrogens with zero attached hydrogens (tertiary/aromatic N) is 3. The van der Waals surface area contributed by atoms with Gasteiger partial charge in [-0.3, -0.25) is 4.79 Å². The molecule has 1 saturated heterocycles. The Labute approximate surface area is 250 Å². The van der Waals surface area contributed by atoms with Gasteiger partial charge in [-0.2, -0.15) is 4.31 Å². The molecule has 214 valence electrons. The molecule has 4 rings (SSSR count). The van der Waals surface area contributed by atoms with Gasteiger partial charge in [0.15, 0.2) is 0 Å². The molecule has 0 bridgehead atoms. The molecule has 9 nitrogen and oxygen atoms in total. The average molecular weight is 654 g/mol. The number of hydrogen-bond acceptors (Lipinski definition) is 9. The number of carboxylic acid groups (broad SMARTS) is 1. The quantitative estimate of drug-likeness (QED) is 0.301. The van der Waals surface area contributed by atoms with Crippen molar-refractivity contribution in [2.24, 2.45) is 0 Å². The Morgan fingerprint density at radius 1 is 1.13 bits per heavy atom. The third kappa shape index (κ3) is 9.78. The molecule has 0 unspecified atom stereocenters. The van der Waals surface area contributed by atoms with Crippen LogP contribution in [0.5, 0.6) is 0 Å². The summed E-state index contributed by atoms with van der Waals surface area (Å²) >= 11 is 15.0. The molecule has 1 aliphatic heterocycles. The summed E-state index contributed by atoms with van der Waals surface area (Å²) in [5.74, 6) is -1.38. The van der Waals surface area contributed by atoms with Gasteiger partial charge in [0.25, 0.3) is 5.91 Å². The maximum Gasteiger partial charge on any atom is 0.345 e. The molecule has 15 heteroatoms. The average Bonchev–Trinajstić information content (AvgIpc) is 3.65. The van der Waals surface area contributed by atoms with E-state index in [-0.39, 0.29) is 35.7 Å². The first-order valence-corrected chi connectivity index (χ1v) is 17.0. The number of thiazole rings is 1. The van der Waals surface area contributed by atoms with Crippen LogP contribution in [-0.4, -0.2) is 77.1 Å². The summed E-state index contributed by atoms with van der Waals surface area (Å²) in [5, 5.41) is 13.7. The van der Waals surface area contributed by atoms with E-state index in [1.165, 1.54) is 28.7 Å². The van der Waals surface area contributed by atoms with Crippen LogP contribution in [0.1, 0.15) is 51.0 Å². The molecule has 0 aromatic carbocycles. The van der Waals surface area contributed by atoms with Crippen molar-refractivity contribution in [3.63, 3.8) is 0 Å². The second-order valence-electron chi connectivity index (χ2n) is 8.92. The molecule has 3 aromatic rings. The van der Waals surface area contributed by atoms with Gasteiger partial charge in [-0.15, -0.1) is 34.0 Å². The number of halogens is 2. The molecular formula is C24H30Cl2N4O5S4. The number of amides is 1. The van der Waals surface area contributed by atoms with Crippen LogP contribution in [-0.2, 0) is 16.6 Å². The van der Waals surface area contributed by atoms with E-state index in [0.29, 0.717) is 19.6 Å². The highest BCUT2D eigenvalue weighted by Crippen LogP contribution is 2.25. The van der Waals surface area contributed by atoms with Crippen molar-refractivity contribution >= 4 is 79.1 Å². The molecule has 4 heterocycles. The van der Waals surface area contributed by atoms with Crippen LogP contribution in [0.3, 0.4) is 0 Å². The third-order valence-electron chi connectivity index (χ3n) is 6.00. The van der Waals surface area contributed by atoms with Crippen molar-refractivity contribution in [1.29, 1.82) is 0 Å². The largest absolute Gasteiger partial charge is 0.477 e. The van der Waals surface area contributed by atoms with Crippen molar-refractivity contribution < 1.29 is 23.1 Å². The fraction of sp³-hybridized carbons (Fsp3) is 0.458. The minimum absolute atomic E-state index is 0.0515. The first-order chi connectivity index (χ1) is 18.5. The van der Waals surface area contributed by atoms with Crippen LogP contribution in [0.15, 0.2) is 35.8 Å². The molecule has 3 aromatic heterocycles. The first kappa shape index (κ1) is 31.9.